The first-order valence-electron chi connectivity index (χ1n) is 8.44. The van der Waals surface area contributed by atoms with Crippen LogP contribution in [0.1, 0.15) is 17.3 Å². The number of nitrogens with one attached hydrogen (secondary N) is 1. The molecule has 2 aromatic rings. The van der Waals surface area contributed by atoms with Crippen LogP contribution in [0.3, 0.4) is 0 Å². The van der Waals surface area contributed by atoms with Crippen molar-refractivity contribution in [2.75, 3.05) is 20.1 Å². The summed E-state index contributed by atoms with van der Waals surface area (Å²) in [6.07, 6.45) is 0. The Morgan fingerprint density at radius 3 is 2.22 bits per heavy atom. The summed E-state index contributed by atoms with van der Waals surface area (Å²) in [5.74, 6) is -1.12. The second kappa shape index (κ2) is 9.38. The number of amides is 2. The van der Waals surface area contributed by atoms with Crippen LogP contribution in [0.15, 0.2) is 54.6 Å². The molecule has 7 heteroatoms. The number of hydrogen-bond donors (Lipinski definition) is 2. The molecule has 27 heavy (non-hydrogen) atoms. The quantitative estimate of drug-likeness (QED) is 0.744. The highest BCUT2D eigenvalue weighted by atomic mass is 16.5. The van der Waals surface area contributed by atoms with E-state index in [9.17, 15) is 14.4 Å². The molecule has 0 spiro atoms. The molecule has 2 N–H and O–H groups in total. The first-order valence-corrected chi connectivity index (χ1v) is 8.44. The van der Waals surface area contributed by atoms with Gasteiger partial charge in [-0.25, -0.2) is 0 Å². The Kier molecular flexibility index (Phi) is 6.93. The third-order valence-electron chi connectivity index (χ3n) is 3.89. The van der Waals surface area contributed by atoms with Gasteiger partial charge in [0.05, 0.1) is 12.5 Å². The van der Waals surface area contributed by atoms with E-state index >= 15 is 0 Å². The van der Waals surface area contributed by atoms with Gasteiger partial charge in [-0.05, 0) is 36.4 Å². The lowest BCUT2D eigenvalue weighted by Crippen LogP contribution is -2.40. The number of benzene rings is 2. The number of carbonyl (C=O) groups is 3. The first-order chi connectivity index (χ1) is 12.9. The maximum absolute atomic E-state index is 12.2. The second-order valence-corrected chi connectivity index (χ2v) is 6.14. The molecule has 1 atom stereocenters. The summed E-state index contributed by atoms with van der Waals surface area (Å²) in [6, 6.07) is 15.8. The van der Waals surface area contributed by atoms with Crippen molar-refractivity contribution in [2.24, 2.45) is 5.92 Å². The highest BCUT2D eigenvalue weighted by Gasteiger charge is 2.18. The zero-order chi connectivity index (χ0) is 19.8. The third-order valence-corrected chi connectivity index (χ3v) is 3.89. The van der Waals surface area contributed by atoms with Gasteiger partial charge in [0, 0.05) is 19.2 Å². The van der Waals surface area contributed by atoms with Crippen molar-refractivity contribution in [1.82, 2.24) is 10.2 Å². The van der Waals surface area contributed by atoms with Gasteiger partial charge in [-0.1, -0.05) is 25.1 Å². The second-order valence-electron chi connectivity index (χ2n) is 6.14. The van der Waals surface area contributed by atoms with E-state index in [0.29, 0.717) is 17.1 Å². The average molecular weight is 370 g/mol. The SMILES string of the molecule is CC(CN(C)C(=O)CNC(=O)c1ccc(Oc2ccccc2)cc1)C(=O)O. The zero-order valence-corrected chi connectivity index (χ0v) is 15.2. The van der Waals surface area contributed by atoms with Crippen molar-refractivity contribution in [2.45, 2.75) is 6.92 Å². The molecule has 0 aliphatic heterocycles. The summed E-state index contributed by atoms with van der Waals surface area (Å²) in [5, 5.41) is 11.4. The van der Waals surface area contributed by atoms with E-state index in [4.69, 9.17) is 9.84 Å². The van der Waals surface area contributed by atoms with E-state index in [1.165, 1.54) is 18.9 Å². The molecule has 0 radical (unpaired) electrons. The number of likely N-dealkylation sites (N-methyl/N-ethyl adjacent to an activating group) is 1. The van der Waals surface area contributed by atoms with Crippen molar-refractivity contribution < 1.29 is 24.2 Å². The number of carboxylic acid groups (broad SMARTS) is 1. The molecule has 142 valence electrons. The predicted molar refractivity (Wildman–Crippen MR) is 99.7 cm³/mol. The molecule has 0 aliphatic rings. The molecular formula is C20H22N2O5. The van der Waals surface area contributed by atoms with Gasteiger partial charge in [0.2, 0.25) is 5.91 Å². The van der Waals surface area contributed by atoms with Crippen LogP contribution in [-0.4, -0.2) is 47.9 Å². The Bertz CT molecular complexity index is 790. The van der Waals surface area contributed by atoms with Crippen LogP contribution in [0.25, 0.3) is 0 Å². The molecule has 0 bridgehead atoms. The summed E-state index contributed by atoms with van der Waals surface area (Å²) >= 11 is 0. The molecule has 0 saturated carbocycles. The molecule has 2 amide bonds. The fraction of sp³-hybridized carbons (Fsp3) is 0.250. The lowest BCUT2D eigenvalue weighted by atomic mass is 10.2. The number of carbonyl (C=O) groups excluding carboxylic acids is 2. The Hall–Kier alpha value is -3.35. The van der Waals surface area contributed by atoms with Gasteiger partial charge in [0.15, 0.2) is 0 Å². The number of rotatable bonds is 8. The first kappa shape index (κ1) is 20.0. The molecular weight excluding hydrogens is 348 g/mol. The lowest BCUT2D eigenvalue weighted by Gasteiger charge is -2.19. The molecule has 0 aliphatic carbocycles. The largest absolute Gasteiger partial charge is 0.481 e. The van der Waals surface area contributed by atoms with E-state index in [0.717, 1.165) is 0 Å². The van der Waals surface area contributed by atoms with Crippen molar-refractivity contribution >= 4 is 17.8 Å². The lowest BCUT2D eigenvalue weighted by molar-refractivity contribution is -0.142. The fourth-order valence-corrected chi connectivity index (χ4v) is 2.28. The van der Waals surface area contributed by atoms with E-state index in [2.05, 4.69) is 5.32 Å². The Balaban J connectivity index is 1.85. The summed E-state index contributed by atoms with van der Waals surface area (Å²) in [7, 11) is 1.50. The van der Waals surface area contributed by atoms with Crippen LogP contribution in [0, 0.1) is 5.92 Å². The maximum atomic E-state index is 12.2. The molecule has 0 heterocycles. The minimum atomic E-state index is -0.975. The minimum absolute atomic E-state index is 0.0789. The van der Waals surface area contributed by atoms with Crippen LogP contribution >= 0.6 is 0 Å². The van der Waals surface area contributed by atoms with Crippen LogP contribution in [0.4, 0.5) is 0 Å². The summed E-state index contributed by atoms with van der Waals surface area (Å²) < 4.78 is 5.66. The Morgan fingerprint density at radius 2 is 1.63 bits per heavy atom. The maximum Gasteiger partial charge on any atom is 0.308 e. The molecule has 2 aromatic carbocycles. The van der Waals surface area contributed by atoms with Crippen LogP contribution in [0.2, 0.25) is 0 Å². The van der Waals surface area contributed by atoms with Crippen molar-refractivity contribution in [3.63, 3.8) is 0 Å². The average Bonchev–Trinajstić information content (AvgIpc) is 2.67. The van der Waals surface area contributed by atoms with Gasteiger partial charge in [-0.2, -0.15) is 0 Å². The Morgan fingerprint density at radius 1 is 1.04 bits per heavy atom. The number of aliphatic carboxylic acids is 1. The Labute approximate surface area is 157 Å². The molecule has 2 rings (SSSR count). The number of hydrogen-bond acceptors (Lipinski definition) is 4. The standard InChI is InChI=1S/C20H22N2O5/c1-14(20(25)26)13-22(2)18(23)12-21-19(24)15-8-10-17(11-9-15)27-16-6-4-3-5-7-16/h3-11,14H,12-13H2,1-2H3,(H,21,24)(H,25,26). The smallest absolute Gasteiger partial charge is 0.308 e. The summed E-state index contributed by atoms with van der Waals surface area (Å²) in [4.78, 5) is 36.3. The summed E-state index contributed by atoms with van der Waals surface area (Å²) in [5.41, 5.74) is 0.393. The number of nitrogens with zero attached hydrogens (tertiary/aromatic N) is 1. The van der Waals surface area contributed by atoms with Crippen molar-refractivity contribution in [3.8, 4) is 11.5 Å². The molecule has 0 fully saturated rings. The third kappa shape index (κ3) is 6.14. The summed E-state index contributed by atoms with van der Waals surface area (Å²) in [6.45, 7) is 1.39. The normalized spacial score (nSPS) is 11.3. The van der Waals surface area contributed by atoms with Gasteiger partial charge in [-0.3, -0.25) is 14.4 Å². The van der Waals surface area contributed by atoms with Crippen LogP contribution in [-0.2, 0) is 9.59 Å². The van der Waals surface area contributed by atoms with E-state index < -0.39 is 17.8 Å². The zero-order valence-electron chi connectivity index (χ0n) is 15.2. The van der Waals surface area contributed by atoms with Crippen molar-refractivity contribution in [1.29, 1.82) is 0 Å². The van der Waals surface area contributed by atoms with E-state index in [-0.39, 0.29) is 19.0 Å². The van der Waals surface area contributed by atoms with Gasteiger partial charge >= 0.3 is 5.97 Å². The topological polar surface area (TPSA) is 95.9 Å². The number of ether oxygens (including phenoxy) is 1. The highest BCUT2D eigenvalue weighted by Crippen LogP contribution is 2.21. The molecule has 7 nitrogen and oxygen atoms in total. The molecule has 1 unspecified atom stereocenters. The van der Waals surface area contributed by atoms with Gasteiger partial charge in [-0.15, -0.1) is 0 Å². The van der Waals surface area contributed by atoms with Crippen molar-refractivity contribution in [3.05, 3.63) is 60.2 Å². The monoisotopic (exact) mass is 370 g/mol. The molecule has 0 saturated heterocycles. The van der Waals surface area contributed by atoms with Gasteiger partial charge in [0.25, 0.3) is 5.91 Å². The number of para-hydroxylation sites is 1. The van der Waals surface area contributed by atoms with Crippen LogP contribution in [0.5, 0.6) is 11.5 Å². The van der Waals surface area contributed by atoms with E-state index in [1.54, 1.807) is 24.3 Å². The molecule has 0 aromatic heterocycles. The minimum Gasteiger partial charge on any atom is -0.481 e. The van der Waals surface area contributed by atoms with Crippen LogP contribution < -0.4 is 10.1 Å². The van der Waals surface area contributed by atoms with Gasteiger partial charge < -0.3 is 20.1 Å². The fourth-order valence-electron chi connectivity index (χ4n) is 2.28. The predicted octanol–water partition coefficient (Wildman–Crippen LogP) is 2.39. The highest BCUT2D eigenvalue weighted by molar-refractivity contribution is 5.96. The van der Waals surface area contributed by atoms with Gasteiger partial charge in [0.1, 0.15) is 11.5 Å². The van der Waals surface area contributed by atoms with E-state index in [1.807, 2.05) is 30.3 Å². The number of carboxylic acids is 1.